The first kappa shape index (κ1) is 19.6. The van der Waals surface area contributed by atoms with E-state index in [1.54, 1.807) is 30.3 Å². The number of carbonyl (C=O) groups is 2. The fraction of sp³-hybridized carbons (Fsp3) is 0.105. The Labute approximate surface area is 174 Å². The zero-order valence-electron chi connectivity index (χ0n) is 14.2. The predicted molar refractivity (Wildman–Crippen MR) is 114 cm³/mol. The van der Waals surface area contributed by atoms with Crippen molar-refractivity contribution in [3.05, 3.63) is 63.5 Å². The van der Waals surface area contributed by atoms with Crippen LogP contribution in [0.4, 0.5) is 5.69 Å². The van der Waals surface area contributed by atoms with Crippen LogP contribution in [0, 0.1) is 0 Å². The summed E-state index contributed by atoms with van der Waals surface area (Å²) in [6.45, 7) is -0.151. The van der Waals surface area contributed by atoms with E-state index in [4.69, 9.17) is 17.0 Å². The number of rotatable bonds is 5. The lowest BCUT2D eigenvalue weighted by molar-refractivity contribution is -0.142. The summed E-state index contributed by atoms with van der Waals surface area (Å²) in [4.78, 5) is 25.9. The number of halogens is 1. The minimum absolute atomic E-state index is 0.151. The number of thioether (sulfide) groups is 1. The van der Waals surface area contributed by atoms with Gasteiger partial charge in [-0.25, -0.2) is 4.79 Å². The van der Waals surface area contributed by atoms with Crippen LogP contribution in [-0.2, 0) is 14.3 Å². The summed E-state index contributed by atoms with van der Waals surface area (Å²) < 4.78 is 11.3. The Kier molecular flexibility index (Phi) is 6.30. The third-order valence-electron chi connectivity index (χ3n) is 3.64. The summed E-state index contributed by atoms with van der Waals surface area (Å²) in [6.07, 6.45) is 1.78. The van der Waals surface area contributed by atoms with Gasteiger partial charge < -0.3 is 9.47 Å². The summed E-state index contributed by atoms with van der Waals surface area (Å²) in [5.74, 6) is -0.0611. The van der Waals surface area contributed by atoms with Crippen molar-refractivity contribution < 1.29 is 19.1 Å². The molecule has 2 aromatic carbocycles. The smallest absolute Gasteiger partial charge is 0.343 e. The van der Waals surface area contributed by atoms with Crippen LogP contribution >= 0.6 is 39.9 Å². The molecule has 0 unspecified atom stereocenters. The SMILES string of the molecule is COC(=O)COc1ccc(/C=C2\SC(=S)N(c3ccc(Br)cc3)C2=O)cc1. The molecular formula is C19H14BrNO4S2. The van der Waals surface area contributed by atoms with Crippen molar-refractivity contribution in [2.75, 3.05) is 18.6 Å². The van der Waals surface area contributed by atoms with Crippen molar-refractivity contribution >= 4 is 67.9 Å². The molecule has 0 N–H and O–H groups in total. The number of esters is 1. The molecule has 5 nitrogen and oxygen atoms in total. The van der Waals surface area contributed by atoms with Crippen LogP contribution in [-0.4, -0.2) is 29.9 Å². The zero-order valence-corrected chi connectivity index (χ0v) is 17.4. The van der Waals surface area contributed by atoms with Crippen LogP contribution in [0.5, 0.6) is 5.75 Å². The second-order valence-corrected chi connectivity index (χ2v) is 8.02. The quantitative estimate of drug-likeness (QED) is 0.371. The molecule has 2 aromatic rings. The largest absolute Gasteiger partial charge is 0.482 e. The molecule has 1 aliphatic heterocycles. The summed E-state index contributed by atoms with van der Waals surface area (Å²) in [7, 11) is 1.30. The van der Waals surface area contributed by atoms with Crippen LogP contribution in [0.15, 0.2) is 57.9 Å². The normalized spacial score (nSPS) is 15.3. The lowest BCUT2D eigenvalue weighted by atomic mass is 10.2. The molecule has 0 bridgehead atoms. The molecule has 0 radical (unpaired) electrons. The molecule has 0 spiro atoms. The first-order valence-electron chi connectivity index (χ1n) is 7.81. The van der Waals surface area contributed by atoms with Crippen LogP contribution in [0.3, 0.4) is 0 Å². The lowest BCUT2D eigenvalue weighted by Gasteiger charge is -2.14. The average molecular weight is 464 g/mol. The van der Waals surface area contributed by atoms with Gasteiger partial charge in [-0.05, 0) is 48.0 Å². The van der Waals surface area contributed by atoms with Gasteiger partial charge in [0.05, 0.1) is 17.7 Å². The van der Waals surface area contributed by atoms with Gasteiger partial charge in [0, 0.05) is 4.47 Å². The van der Waals surface area contributed by atoms with E-state index in [0.717, 1.165) is 15.7 Å². The monoisotopic (exact) mass is 463 g/mol. The highest BCUT2D eigenvalue weighted by Crippen LogP contribution is 2.36. The second-order valence-electron chi connectivity index (χ2n) is 5.43. The van der Waals surface area contributed by atoms with Crippen LogP contribution < -0.4 is 9.64 Å². The maximum Gasteiger partial charge on any atom is 0.343 e. The molecule has 0 aliphatic carbocycles. The number of amides is 1. The van der Waals surface area contributed by atoms with E-state index < -0.39 is 5.97 Å². The summed E-state index contributed by atoms with van der Waals surface area (Å²) >= 11 is 10.0. The average Bonchev–Trinajstić information content (AvgIpc) is 2.95. The Balaban J connectivity index is 1.73. The van der Waals surface area contributed by atoms with Gasteiger partial charge in [-0.1, -0.05) is 52.0 Å². The summed E-state index contributed by atoms with van der Waals surface area (Å²) in [5.41, 5.74) is 1.56. The molecule has 3 rings (SSSR count). The highest BCUT2D eigenvalue weighted by molar-refractivity contribution is 9.10. The van der Waals surface area contributed by atoms with E-state index in [9.17, 15) is 9.59 Å². The summed E-state index contributed by atoms with van der Waals surface area (Å²) in [5, 5.41) is 0. The third-order valence-corrected chi connectivity index (χ3v) is 5.47. The van der Waals surface area contributed by atoms with E-state index in [2.05, 4.69) is 20.7 Å². The molecule has 1 fully saturated rings. The van der Waals surface area contributed by atoms with E-state index in [0.29, 0.717) is 15.0 Å². The number of hydrogen-bond donors (Lipinski definition) is 0. The second kappa shape index (κ2) is 8.69. The van der Waals surface area contributed by atoms with Gasteiger partial charge in [-0.15, -0.1) is 0 Å². The number of benzene rings is 2. The van der Waals surface area contributed by atoms with Crippen LogP contribution in [0.25, 0.3) is 6.08 Å². The van der Waals surface area contributed by atoms with Gasteiger partial charge in [-0.3, -0.25) is 9.69 Å². The first-order chi connectivity index (χ1) is 13.0. The van der Waals surface area contributed by atoms with Crippen molar-refractivity contribution in [1.82, 2.24) is 0 Å². The highest BCUT2D eigenvalue weighted by atomic mass is 79.9. The maximum absolute atomic E-state index is 12.7. The van der Waals surface area contributed by atoms with E-state index in [1.807, 2.05) is 24.3 Å². The predicted octanol–water partition coefficient (Wildman–Crippen LogP) is 4.41. The minimum Gasteiger partial charge on any atom is -0.482 e. The molecule has 27 heavy (non-hydrogen) atoms. The number of carbonyl (C=O) groups excluding carboxylic acids is 2. The van der Waals surface area contributed by atoms with Gasteiger partial charge in [-0.2, -0.15) is 0 Å². The maximum atomic E-state index is 12.7. The van der Waals surface area contributed by atoms with Crippen LogP contribution in [0.2, 0.25) is 0 Å². The number of methoxy groups -OCH3 is 1. The van der Waals surface area contributed by atoms with Gasteiger partial charge in [0.15, 0.2) is 10.9 Å². The lowest BCUT2D eigenvalue weighted by Crippen LogP contribution is -2.27. The molecule has 138 valence electrons. The van der Waals surface area contributed by atoms with E-state index >= 15 is 0 Å². The van der Waals surface area contributed by atoms with Crippen LogP contribution in [0.1, 0.15) is 5.56 Å². The molecule has 1 aliphatic rings. The van der Waals surface area contributed by atoms with Crippen molar-refractivity contribution in [2.24, 2.45) is 0 Å². The van der Waals surface area contributed by atoms with Gasteiger partial charge in [0.25, 0.3) is 5.91 Å². The number of anilines is 1. The molecular weight excluding hydrogens is 450 g/mol. The topological polar surface area (TPSA) is 55.8 Å². The van der Waals surface area contributed by atoms with Crippen molar-refractivity contribution in [3.63, 3.8) is 0 Å². The number of thiocarbonyl (C=S) groups is 1. The summed E-state index contributed by atoms with van der Waals surface area (Å²) in [6, 6.07) is 14.5. The first-order valence-corrected chi connectivity index (χ1v) is 9.83. The third kappa shape index (κ3) is 4.77. The Hall–Kier alpha value is -2.16. The fourth-order valence-corrected chi connectivity index (χ4v) is 3.86. The Morgan fingerprint density at radius 1 is 1.19 bits per heavy atom. The Morgan fingerprint density at radius 3 is 2.48 bits per heavy atom. The van der Waals surface area contributed by atoms with Gasteiger partial charge in [0.1, 0.15) is 5.75 Å². The molecule has 0 saturated carbocycles. The Bertz CT molecular complexity index is 910. The van der Waals surface area contributed by atoms with Gasteiger partial charge >= 0.3 is 5.97 Å². The number of ether oxygens (including phenoxy) is 2. The van der Waals surface area contributed by atoms with E-state index in [-0.39, 0.29) is 12.5 Å². The highest BCUT2D eigenvalue weighted by Gasteiger charge is 2.33. The molecule has 1 heterocycles. The zero-order chi connectivity index (χ0) is 19.4. The number of hydrogen-bond acceptors (Lipinski definition) is 6. The van der Waals surface area contributed by atoms with Gasteiger partial charge in [0.2, 0.25) is 0 Å². The van der Waals surface area contributed by atoms with Crippen molar-refractivity contribution in [2.45, 2.75) is 0 Å². The van der Waals surface area contributed by atoms with Crippen molar-refractivity contribution in [1.29, 1.82) is 0 Å². The Morgan fingerprint density at radius 2 is 1.85 bits per heavy atom. The molecule has 8 heteroatoms. The minimum atomic E-state index is -0.448. The van der Waals surface area contributed by atoms with E-state index in [1.165, 1.54) is 23.8 Å². The van der Waals surface area contributed by atoms with Crippen molar-refractivity contribution in [3.8, 4) is 5.75 Å². The number of nitrogens with zero attached hydrogens (tertiary/aromatic N) is 1. The molecule has 0 atom stereocenters. The molecule has 1 amide bonds. The molecule has 0 aromatic heterocycles. The molecule has 1 saturated heterocycles. The standard InChI is InChI=1S/C19H14BrNO4S2/c1-24-17(22)11-25-15-8-2-12(3-9-15)10-16-18(23)21(19(26)27-16)14-6-4-13(20)5-7-14/h2-10H,11H2,1H3/b16-10-. The fourth-order valence-electron chi connectivity index (χ4n) is 2.29.